The van der Waals surface area contributed by atoms with Crippen molar-refractivity contribution in [2.45, 2.75) is 23.7 Å². The average Bonchev–Trinajstić information content (AvgIpc) is 3.13. The first-order chi connectivity index (χ1) is 12.7. The first-order valence-electron chi connectivity index (χ1n) is 8.38. The zero-order valence-electron chi connectivity index (χ0n) is 14.3. The quantitative estimate of drug-likeness (QED) is 0.697. The SMILES string of the molecule is C[C@@H](Sc1ccc2ccccc2n1)C(=O)NCc1ccc2c(c1)OCO2. The van der Waals surface area contributed by atoms with E-state index in [-0.39, 0.29) is 18.0 Å². The maximum absolute atomic E-state index is 12.4. The number of hydrogen-bond acceptors (Lipinski definition) is 5. The first-order valence-corrected chi connectivity index (χ1v) is 9.26. The minimum Gasteiger partial charge on any atom is -0.454 e. The summed E-state index contributed by atoms with van der Waals surface area (Å²) in [6.45, 7) is 2.58. The molecular formula is C20H18N2O3S. The summed E-state index contributed by atoms with van der Waals surface area (Å²) in [6, 6.07) is 17.6. The predicted molar refractivity (Wildman–Crippen MR) is 101 cm³/mol. The predicted octanol–water partition coefficient (Wildman–Crippen LogP) is 3.76. The van der Waals surface area contributed by atoms with Crippen molar-refractivity contribution in [2.75, 3.05) is 6.79 Å². The van der Waals surface area contributed by atoms with E-state index < -0.39 is 0 Å². The lowest BCUT2D eigenvalue weighted by Gasteiger charge is -2.12. The Kier molecular flexibility index (Phi) is 4.67. The van der Waals surface area contributed by atoms with Gasteiger partial charge in [-0.1, -0.05) is 42.1 Å². The van der Waals surface area contributed by atoms with Crippen molar-refractivity contribution < 1.29 is 14.3 Å². The van der Waals surface area contributed by atoms with Crippen LogP contribution in [0.25, 0.3) is 10.9 Å². The third kappa shape index (κ3) is 3.60. The number of para-hydroxylation sites is 1. The Morgan fingerprint density at radius 3 is 2.92 bits per heavy atom. The maximum atomic E-state index is 12.4. The van der Waals surface area contributed by atoms with E-state index >= 15 is 0 Å². The van der Waals surface area contributed by atoms with E-state index in [9.17, 15) is 4.79 Å². The van der Waals surface area contributed by atoms with Gasteiger partial charge in [0.05, 0.1) is 15.8 Å². The summed E-state index contributed by atoms with van der Waals surface area (Å²) in [7, 11) is 0. The van der Waals surface area contributed by atoms with Crippen molar-refractivity contribution in [3.8, 4) is 11.5 Å². The first kappa shape index (κ1) is 16.7. The highest BCUT2D eigenvalue weighted by atomic mass is 32.2. The molecule has 26 heavy (non-hydrogen) atoms. The van der Waals surface area contributed by atoms with Crippen LogP contribution in [-0.2, 0) is 11.3 Å². The normalized spacial score (nSPS) is 13.6. The molecule has 0 unspecified atom stereocenters. The van der Waals surface area contributed by atoms with Crippen LogP contribution in [0, 0.1) is 0 Å². The van der Waals surface area contributed by atoms with E-state index in [1.807, 2.05) is 61.5 Å². The highest BCUT2D eigenvalue weighted by molar-refractivity contribution is 8.00. The van der Waals surface area contributed by atoms with E-state index in [0.29, 0.717) is 6.54 Å². The highest BCUT2D eigenvalue weighted by Gasteiger charge is 2.17. The fourth-order valence-electron chi connectivity index (χ4n) is 2.73. The number of amides is 1. The number of nitrogens with zero attached hydrogens (tertiary/aromatic N) is 1. The van der Waals surface area contributed by atoms with Crippen LogP contribution in [0.2, 0.25) is 0 Å². The molecule has 0 aliphatic carbocycles. The van der Waals surface area contributed by atoms with Gasteiger partial charge in [0.2, 0.25) is 12.7 Å². The molecule has 0 saturated carbocycles. The number of hydrogen-bond donors (Lipinski definition) is 1. The Hall–Kier alpha value is -2.73. The van der Waals surface area contributed by atoms with Gasteiger partial charge in [-0.15, -0.1) is 0 Å². The van der Waals surface area contributed by atoms with Crippen LogP contribution in [0.5, 0.6) is 11.5 Å². The molecule has 0 saturated heterocycles. The molecule has 0 radical (unpaired) electrons. The molecular weight excluding hydrogens is 348 g/mol. The molecule has 1 N–H and O–H groups in total. The minimum absolute atomic E-state index is 0.0253. The molecule has 1 amide bonds. The number of rotatable bonds is 5. The largest absolute Gasteiger partial charge is 0.454 e. The molecule has 1 aliphatic heterocycles. The molecule has 5 nitrogen and oxygen atoms in total. The summed E-state index contributed by atoms with van der Waals surface area (Å²) in [5.41, 5.74) is 1.91. The van der Waals surface area contributed by atoms with Gasteiger partial charge in [0.15, 0.2) is 11.5 Å². The van der Waals surface area contributed by atoms with Crippen molar-refractivity contribution in [1.29, 1.82) is 0 Å². The Balaban J connectivity index is 1.36. The lowest BCUT2D eigenvalue weighted by Crippen LogP contribution is -2.30. The van der Waals surface area contributed by atoms with Gasteiger partial charge in [0, 0.05) is 11.9 Å². The van der Waals surface area contributed by atoms with Crippen LogP contribution in [0.4, 0.5) is 0 Å². The number of pyridine rings is 1. The molecule has 1 aromatic heterocycles. The van der Waals surface area contributed by atoms with Crippen LogP contribution in [0.15, 0.2) is 59.6 Å². The summed E-state index contributed by atoms with van der Waals surface area (Å²) in [4.78, 5) is 17.0. The summed E-state index contributed by atoms with van der Waals surface area (Å²) < 4.78 is 10.7. The van der Waals surface area contributed by atoms with Gasteiger partial charge in [-0.05, 0) is 36.8 Å². The molecule has 4 rings (SSSR count). The third-order valence-electron chi connectivity index (χ3n) is 4.14. The third-order valence-corrected chi connectivity index (χ3v) is 5.18. The zero-order chi connectivity index (χ0) is 17.9. The van der Waals surface area contributed by atoms with Gasteiger partial charge in [0.1, 0.15) is 0 Å². The van der Waals surface area contributed by atoms with Gasteiger partial charge in [-0.25, -0.2) is 4.98 Å². The molecule has 6 heteroatoms. The molecule has 0 fully saturated rings. The molecule has 0 bridgehead atoms. The van der Waals surface area contributed by atoms with Crippen molar-refractivity contribution in [3.05, 3.63) is 60.2 Å². The van der Waals surface area contributed by atoms with E-state index in [2.05, 4.69) is 10.3 Å². The van der Waals surface area contributed by atoms with Gasteiger partial charge in [-0.2, -0.15) is 0 Å². The fraction of sp³-hybridized carbons (Fsp3) is 0.200. The number of ether oxygens (including phenoxy) is 2. The van der Waals surface area contributed by atoms with Gasteiger partial charge in [0.25, 0.3) is 0 Å². The number of benzene rings is 2. The summed E-state index contributed by atoms with van der Waals surface area (Å²) in [5.74, 6) is 1.44. The van der Waals surface area contributed by atoms with Crippen molar-refractivity contribution in [2.24, 2.45) is 0 Å². The molecule has 2 heterocycles. The lowest BCUT2D eigenvalue weighted by molar-refractivity contribution is -0.120. The van der Waals surface area contributed by atoms with Crippen LogP contribution < -0.4 is 14.8 Å². The summed E-state index contributed by atoms with van der Waals surface area (Å²) in [6.07, 6.45) is 0. The second kappa shape index (κ2) is 7.25. The Morgan fingerprint density at radius 2 is 2.00 bits per heavy atom. The van der Waals surface area contributed by atoms with Crippen molar-refractivity contribution in [1.82, 2.24) is 10.3 Å². The maximum Gasteiger partial charge on any atom is 0.233 e. The number of carbonyl (C=O) groups is 1. The van der Waals surface area contributed by atoms with E-state index in [0.717, 1.165) is 33.0 Å². The molecule has 0 spiro atoms. The van der Waals surface area contributed by atoms with Crippen LogP contribution in [-0.4, -0.2) is 22.9 Å². The van der Waals surface area contributed by atoms with E-state index in [1.54, 1.807) is 0 Å². The topological polar surface area (TPSA) is 60.5 Å². The number of nitrogens with one attached hydrogen (secondary N) is 1. The lowest BCUT2D eigenvalue weighted by atomic mass is 10.2. The smallest absolute Gasteiger partial charge is 0.233 e. The second-order valence-electron chi connectivity index (χ2n) is 6.01. The number of aromatic nitrogens is 1. The van der Waals surface area contributed by atoms with Gasteiger partial charge >= 0.3 is 0 Å². The molecule has 1 aliphatic rings. The number of carbonyl (C=O) groups excluding carboxylic acids is 1. The van der Waals surface area contributed by atoms with Crippen molar-refractivity contribution >= 4 is 28.6 Å². The zero-order valence-corrected chi connectivity index (χ0v) is 15.1. The Bertz CT molecular complexity index is 961. The van der Waals surface area contributed by atoms with Crippen LogP contribution >= 0.6 is 11.8 Å². The molecule has 3 aromatic rings. The number of fused-ring (bicyclic) bond motifs is 2. The molecule has 2 aromatic carbocycles. The molecule has 132 valence electrons. The van der Waals surface area contributed by atoms with Crippen LogP contribution in [0.1, 0.15) is 12.5 Å². The monoisotopic (exact) mass is 366 g/mol. The molecule has 1 atom stereocenters. The summed E-state index contributed by atoms with van der Waals surface area (Å²) >= 11 is 1.45. The van der Waals surface area contributed by atoms with Gasteiger partial charge < -0.3 is 14.8 Å². The fourth-order valence-corrected chi connectivity index (χ4v) is 3.58. The van der Waals surface area contributed by atoms with Crippen molar-refractivity contribution in [3.63, 3.8) is 0 Å². The number of thioether (sulfide) groups is 1. The summed E-state index contributed by atoms with van der Waals surface area (Å²) in [5, 5.41) is 4.66. The van der Waals surface area contributed by atoms with E-state index in [4.69, 9.17) is 9.47 Å². The minimum atomic E-state index is -0.238. The van der Waals surface area contributed by atoms with Crippen LogP contribution in [0.3, 0.4) is 0 Å². The second-order valence-corrected chi connectivity index (χ2v) is 7.37. The van der Waals surface area contributed by atoms with Gasteiger partial charge in [-0.3, -0.25) is 4.79 Å². The Morgan fingerprint density at radius 1 is 1.15 bits per heavy atom. The Labute approximate surface area is 155 Å². The standard InChI is InChI=1S/C20H18N2O3S/c1-13(26-19-9-7-15-4-2-3-5-16(15)22-19)20(23)21-11-14-6-8-17-18(10-14)25-12-24-17/h2-10,13H,11-12H2,1H3,(H,21,23)/t13-/m1/s1. The average molecular weight is 366 g/mol. The highest BCUT2D eigenvalue weighted by Crippen LogP contribution is 2.32. The van der Waals surface area contributed by atoms with E-state index in [1.165, 1.54) is 11.8 Å².